The summed E-state index contributed by atoms with van der Waals surface area (Å²) in [6.45, 7) is 13.6. The zero-order valence-electron chi connectivity index (χ0n) is 17.9. The summed E-state index contributed by atoms with van der Waals surface area (Å²) in [6.07, 6.45) is 0. The van der Waals surface area contributed by atoms with Gasteiger partial charge in [0, 0.05) is 20.5 Å². The van der Waals surface area contributed by atoms with Crippen molar-refractivity contribution in [2.24, 2.45) is 0 Å². The van der Waals surface area contributed by atoms with E-state index in [1.165, 1.54) is 31.3 Å². The summed E-state index contributed by atoms with van der Waals surface area (Å²) < 4.78 is 0. The van der Waals surface area contributed by atoms with E-state index in [9.17, 15) is 0 Å². The third kappa shape index (κ3) is 2.75. The maximum atomic E-state index is 5.30. The molecule has 2 heterocycles. The number of hydrogen-bond acceptors (Lipinski definition) is 3. The van der Waals surface area contributed by atoms with Crippen LogP contribution < -0.4 is 0 Å². The van der Waals surface area contributed by atoms with Crippen LogP contribution in [-0.4, -0.2) is 9.97 Å². The lowest BCUT2D eigenvalue weighted by atomic mass is 9.91. The molecular weight excluding hydrogens is 372 g/mol. The SMILES string of the molecule is CC(C)(C)c1sc(C(C)(C)C)c2nc3c4ccccc4c4ccccc4c3nc12. The average Bonchev–Trinajstić information content (AvgIpc) is 3.06. The maximum absolute atomic E-state index is 5.30. The molecule has 3 heteroatoms. The van der Waals surface area contributed by atoms with Gasteiger partial charge in [0.1, 0.15) is 11.0 Å². The summed E-state index contributed by atoms with van der Waals surface area (Å²) in [4.78, 5) is 13.3. The highest BCUT2D eigenvalue weighted by Gasteiger charge is 2.29. The van der Waals surface area contributed by atoms with E-state index in [-0.39, 0.29) is 10.8 Å². The van der Waals surface area contributed by atoms with Crippen molar-refractivity contribution in [3.05, 3.63) is 58.3 Å². The van der Waals surface area contributed by atoms with Crippen LogP contribution in [0.25, 0.3) is 43.6 Å². The highest BCUT2D eigenvalue weighted by atomic mass is 32.1. The van der Waals surface area contributed by atoms with Gasteiger partial charge in [-0.2, -0.15) is 0 Å². The first-order valence-electron chi connectivity index (χ1n) is 10.2. The molecule has 0 saturated heterocycles. The van der Waals surface area contributed by atoms with Gasteiger partial charge in [-0.05, 0) is 21.6 Å². The number of rotatable bonds is 0. The van der Waals surface area contributed by atoms with Gasteiger partial charge in [0.05, 0.1) is 11.0 Å². The molecule has 0 spiro atoms. The van der Waals surface area contributed by atoms with Crippen molar-refractivity contribution in [1.82, 2.24) is 9.97 Å². The van der Waals surface area contributed by atoms with Crippen LogP contribution >= 0.6 is 11.3 Å². The lowest BCUT2D eigenvalue weighted by molar-refractivity contribution is 0.604. The first-order valence-corrected chi connectivity index (χ1v) is 11.0. The third-order valence-electron chi connectivity index (χ3n) is 5.55. The number of nitrogens with zero attached hydrogens (tertiary/aromatic N) is 2. The van der Waals surface area contributed by atoms with Gasteiger partial charge in [0.2, 0.25) is 0 Å². The topological polar surface area (TPSA) is 25.8 Å². The summed E-state index contributed by atoms with van der Waals surface area (Å²) in [5.41, 5.74) is 4.22. The minimum absolute atomic E-state index is 0.0292. The van der Waals surface area contributed by atoms with E-state index in [2.05, 4.69) is 90.1 Å². The molecule has 0 atom stereocenters. The second-order valence-corrected chi connectivity index (χ2v) is 11.0. The van der Waals surface area contributed by atoms with E-state index in [0.29, 0.717) is 0 Å². The van der Waals surface area contributed by atoms with Gasteiger partial charge in [-0.1, -0.05) is 90.1 Å². The van der Waals surface area contributed by atoms with E-state index < -0.39 is 0 Å². The Labute approximate surface area is 175 Å². The van der Waals surface area contributed by atoms with Gasteiger partial charge in [-0.15, -0.1) is 11.3 Å². The molecule has 0 aliphatic rings. The lowest BCUT2D eigenvalue weighted by Gasteiger charge is -2.18. The number of aromatic nitrogens is 2. The van der Waals surface area contributed by atoms with Crippen molar-refractivity contribution < 1.29 is 0 Å². The lowest BCUT2D eigenvalue weighted by Crippen LogP contribution is -2.10. The predicted molar refractivity (Wildman–Crippen MR) is 127 cm³/mol. The van der Waals surface area contributed by atoms with E-state index >= 15 is 0 Å². The van der Waals surface area contributed by atoms with Crippen molar-refractivity contribution in [2.45, 2.75) is 52.4 Å². The minimum Gasteiger partial charge on any atom is -0.243 e. The molecule has 5 rings (SSSR count). The standard InChI is InChI=1S/C26H26N2S/c1-25(2,3)23-21-22(24(29-23)26(4,5)6)28-20-18-14-10-8-12-16(18)15-11-7-9-13-17(15)19(20)27-21/h7-14H,1-6H3. The van der Waals surface area contributed by atoms with Crippen molar-refractivity contribution in [3.63, 3.8) is 0 Å². The van der Waals surface area contributed by atoms with Crippen molar-refractivity contribution in [3.8, 4) is 0 Å². The molecule has 29 heavy (non-hydrogen) atoms. The largest absolute Gasteiger partial charge is 0.243 e. The van der Waals surface area contributed by atoms with Gasteiger partial charge in [0.25, 0.3) is 0 Å². The summed E-state index contributed by atoms with van der Waals surface area (Å²) in [7, 11) is 0. The molecular formula is C26H26N2S. The normalized spacial score (nSPS) is 13.2. The summed E-state index contributed by atoms with van der Waals surface area (Å²) >= 11 is 1.88. The molecule has 0 amide bonds. The quantitative estimate of drug-likeness (QED) is 0.249. The molecule has 3 aromatic carbocycles. The predicted octanol–water partition coefficient (Wildman–Crippen LogP) is 7.75. The monoisotopic (exact) mass is 398 g/mol. The molecule has 0 aliphatic carbocycles. The van der Waals surface area contributed by atoms with Gasteiger partial charge in [0.15, 0.2) is 0 Å². The Bertz CT molecular complexity index is 1300. The molecule has 146 valence electrons. The van der Waals surface area contributed by atoms with E-state index in [4.69, 9.17) is 9.97 Å². The smallest absolute Gasteiger partial charge is 0.104 e. The summed E-state index contributed by atoms with van der Waals surface area (Å²) in [5.74, 6) is 0. The number of benzene rings is 3. The highest BCUT2D eigenvalue weighted by Crippen LogP contribution is 2.44. The van der Waals surface area contributed by atoms with E-state index in [0.717, 1.165) is 22.1 Å². The minimum atomic E-state index is 0.0292. The van der Waals surface area contributed by atoms with Crippen LogP contribution in [0.1, 0.15) is 51.3 Å². The van der Waals surface area contributed by atoms with Crippen molar-refractivity contribution in [2.75, 3.05) is 0 Å². The highest BCUT2D eigenvalue weighted by molar-refractivity contribution is 7.14. The fourth-order valence-corrected chi connectivity index (χ4v) is 5.49. The van der Waals surface area contributed by atoms with Gasteiger partial charge in [-0.25, -0.2) is 9.97 Å². The van der Waals surface area contributed by atoms with Crippen LogP contribution in [0.2, 0.25) is 0 Å². The second-order valence-electron chi connectivity index (χ2n) is 9.97. The molecule has 2 nitrogen and oxygen atoms in total. The molecule has 0 radical (unpaired) electrons. The first kappa shape index (κ1) is 18.5. The molecule has 0 bridgehead atoms. The zero-order valence-corrected chi connectivity index (χ0v) is 18.7. The van der Waals surface area contributed by atoms with E-state index in [1.807, 2.05) is 11.3 Å². The van der Waals surface area contributed by atoms with Crippen molar-refractivity contribution in [1.29, 1.82) is 0 Å². The van der Waals surface area contributed by atoms with Crippen LogP contribution in [0.5, 0.6) is 0 Å². The fourth-order valence-electron chi connectivity index (χ4n) is 4.19. The second kappa shape index (κ2) is 5.99. The van der Waals surface area contributed by atoms with Crippen LogP contribution in [-0.2, 0) is 10.8 Å². The van der Waals surface area contributed by atoms with Crippen LogP contribution in [0, 0.1) is 0 Å². The fraction of sp³-hybridized carbons (Fsp3) is 0.308. The van der Waals surface area contributed by atoms with Crippen LogP contribution in [0.15, 0.2) is 48.5 Å². The number of thiophene rings is 1. The van der Waals surface area contributed by atoms with Crippen molar-refractivity contribution >= 4 is 54.9 Å². The summed E-state index contributed by atoms with van der Waals surface area (Å²) in [6, 6.07) is 17.2. The van der Waals surface area contributed by atoms with Gasteiger partial charge < -0.3 is 0 Å². The van der Waals surface area contributed by atoms with E-state index in [1.54, 1.807) is 0 Å². The Morgan fingerprint density at radius 1 is 0.517 bits per heavy atom. The Hall–Kier alpha value is -2.52. The third-order valence-corrected chi connectivity index (χ3v) is 7.57. The molecule has 0 fully saturated rings. The molecule has 0 unspecified atom stereocenters. The molecule has 5 aromatic rings. The van der Waals surface area contributed by atoms with Crippen LogP contribution in [0.3, 0.4) is 0 Å². The number of fused-ring (bicyclic) bond motifs is 7. The summed E-state index contributed by atoms with van der Waals surface area (Å²) in [5, 5.41) is 4.85. The average molecular weight is 399 g/mol. The Balaban J connectivity index is 2.07. The Morgan fingerprint density at radius 3 is 1.21 bits per heavy atom. The van der Waals surface area contributed by atoms with Crippen LogP contribution in [0.4, 0.5) is 0 Å². The Kier molecular flexibility index (Phi) is 3.82. The van der Waals surface area contributed by atoms with Gasteiger partial charge >= 0.3 is 0 Å². The Morgan fingerprint density at radius 2 is 0.862 bits per heavy atom. The first-order chi connectivity index (χ1) is 13.7. The molecule has 0 saturated carbocycles. The molecule has 0 N–H and O–H groups in total. The maximum Gasteiger partial charge on any atom is 0.104 e. The zero-order chi connectivity index (χ0) is 20.6. The molecule has 2 aromatic heterocycles. The van der Waals surface area contributed by atoms with Gasteiger partial charge in [-0.3, -0.25) is 0 Å². The molecule has 0 aliphatic heterocycles. The number of hydrogen-bond donors (Lipinski definition) is 0.